The first-order valence-electron chi connectivity index (χ1n) is 6.24. The molecule has 1 aliphatic heterocycles. The van der Waals surface area contributed by atoms with Gasteiger partial charge in [-0.25, -0.2) is 0 Å². The van der Waals surface area contributed by atoms with Crippen LogP contribution in [0.2, 0.25) is 0 Å². The highest BCUT2D eigenvalue weighted by Crippen LogP contribution is 2.20. The number of alkyl halides is 2. The molecule has 0 bridgehead atoms. The highest BCUT2D eigenvalue weighted by Gasteiger charge is 2.20. The van der Waals surface area contributed by atoms with Gasteiger partial charge < -0.3 is 15.4 Å². The van der Waals surface area contributed by atoms with Crippen molar-refractivity contribution in [3.63, 3.8) is 0 Å². The number of carbonyl (C=O) groups excluding carboxylic acids is 1. The van der Waals surface area contributed by atoms with E-state index in [0.717, 1.165) is 25.8 Å². The first-order chi connectivity index (χ1) is 9.15. The molecular weight excluding hydrogens is 254 g/mol. The fraction of sp³-hybridized carbons (Fsp3) is 0.462. The third-order valence-electron chi connectivity index (χ3n) is 2.95. The molecule has 104 valence electrons. The number of carbonyl (C=O) groups is 1. The van der Waals surface area contributed by atoms with E-state index in [1.165, 1.54) is 12.1 Å². The van der Waals surface area contributed by atoms with Gasteiger partial charge in [0.15, 0.2) is 0 Å². The Labute approximate surface area is 110 Å². The minimum absolute atomic E-state index is 0.0319. The van der Waals surface area contributed by atoms with E-state index < -0.39 is 6.61 Å². The predicted molar refractivity (Wildman–Crippen MR) is 67.3 cm³/mol. The van der Waals surface area contributed by atoms with Crippen LogP contribution in [0.5, 0.6) is 5.75 Å². The number of rotatable bonds is 4. The van der Waals surface area contributed by atoms with Gasteiger partial charge in [-0.15, -0.1) is 0 Å². The van der Waals surface area contributed by atoms with E-state index in [1.54, 1.807) is 12.1 Å². The number of nitrogens with one attached hydrogen (secondary N) is 2. The third kappa shape index (κ3) is 4.17. The Morgan fingerprint density at radius 2 is 2.26 bits per heavy atom. The fourth-order valence-electron chi connectivity index (χ4n) is 2.06. The molecule has 0 aromatic heterocycles. The third-order valence-corrected chi connectivity index (χ3v) is 2.95. The molecule has 1 saturated heterocycles. The van der Waals surface area contributed by atoms with Crippen molar-refractivity contribution in [3.05, 3.63) is 24.3 Å². The molecule has 1 aromatic carbocycles. The van der Waals surface area contributed by atoms with Crippen LogP contribution in [0.4, 0.5) is 14.5 Å². The average Bonchev–Trinajstić information content (AvgIpc) is 2.39. The lowest BCUT2D eigenvalue weighted by molar-refractivity contribution is -0.118. The van der Waals surface area contributed by atoms with Gasteiger partial charge in [0.2, 0.25) is 5.91 Å². The summed E-state index contributed by atoms with van der Waals surface area (Å²) in [6, 6.07) is 5.78. The number of hydrogen-bond donors (Lipinski definition) is 2. The lowest BCUT2D eigenvalue weighted by Gasteiger charge is -2.22. The van der Waals surface area contributed by atoms with Gasteiger partial charge in [-0.3, -0.25) is 4.79 Å². The van der Waals surface area contributed by atoms with Gasteiger partial charge in [-0.2, -0.15) is 8.78 Å². The lowest BCUT2D eigenvalue weighted by atomic mass is 10.0. The van der Waals surface area contributed by atoms with Crippen LogP contribution < -0.4 is 15.4 Å². The summed E-state index contributed by atoms with van der Waals surface area (Å²) in [5, 5.41) is 5.82. The van der Waals surface area contributed by atoms with Gasteiger partial charge in [0.1, 0.15) is 5.75 Å². The van der Waals surface area contributed by atoms with Gasteiger partial charge >= 0.3 is 6.61 Å². The maximum Gasteiger partial charge on any atom is 0.387 e. The summed E-state index contributed by atoms with van der Waals surface area (Å²) in [7, 11) is 0. The summed E-state index contributed by atoms with van der Waals surface area (Å²) >= 11 is 0. The fourth-order valence-corrected chi connectivity index (χ4v) is 2.06. The van der Waals surface area contributed by atoms with Crippen molar-refractivity contribution in [3.8, 4) is 5.75 Å². The maximum absolute atomic E-state index is 12.1. The minimum Gasteiger partial charge on any atom is -0.435 e. The molecule has 1 unspecified atom stereocenters. The van der Waals surface area contributed by atoms with Crippen molar-refractivity contribution in [2.24, 2.45) is 0 Å². The second-order valence-corrected chi connectivity index (χ2v) is 4.40. The quantitative estimate of drug-likeness (QED) is 0.883. The first kappa shape index (κ1) is 13.7. The molecule has 2 rings (SSSR count). The number of benzene rings is 1. The number of ether oxygens (including phenoxy) is 1. The normalized spacial score (nSPS) is 19.2. The lowest BCUT2D eigenvalue weighted by Crippen LogP contribution is -2.43. The van der Waals surface area contributed by atoms with Crippen LogP contribution in [0.25, 0.3) is 0 Å². The second kappa shape index (κ2) is 6.47. The predicted octanol–water partition coefficient (Wildman–Crippen LogP) is 2.37. The van der Waals surface area contributed by atoms with Gasteiger partial charge in [0, 0.05) is 11.8 Å². The van der Waals surface area contributed by atoms with Crippen LogP contribution in [0, 0.1) is 0 Å². The Hall–Kier alpha value is -1.69. The van der Waals surface area contributed by atoms with E-state index in [4.69, 9.17) is 0 Å². The van der Waals surface area contributed by atoms with Crippen LogP contribution in [-0.4, -0.2) is 25.1 Å². The van der Waals surface area contributed by atoms with Gasteiger partial charge in [0.25, 0.3) is 0 Å². The topological polar surface area (TPSA) is 50.4 Å². The standard InChI is InChI=1S/C13H16F2N2O2/c14-13(15)19-10-5-3-4-9(8-10)17-12(18)11-6-1-2-7-16-11/h3-5,8,11,13,16H,1-2,6-7H2,(H,17,18). The highest BCUT2D eigenvalue weighted by atomic mass is 19.3. The van der Waals surface area contributed by atoms with Crippen molar-refractivity contribution in [2.75, 3.05) is 11.9 Å². The Kier molecular flexibility index (Phi) is 4.68. The zero-order valence-electron chi connectivity index (χ0n) is 10.4. The van der Waals surface area contributed by atoms with Crippen LogP contribution in [0.15, 0.2) is 24.3 Å². The van der Waals surface area contributed by atoms with Crippen molar-refractivity contribution in [1.82, 2.24) is 5.32 Å². The maximum atomic E-state index is 12.1. The minimum atomic E-state index is -2.87. The molecule has 1 atom stereocenters. The average molecular weight is 270 g/mol. The number of hydrogen-bond acceptors (Lipinski definition) is 3. The van der Waals surface area contributed by atoms with E-state index in [-0.39, 0.29) is 17.7 Å². The van der Waals surface area contributed by atoms with Crippen molar-refractivity contribution < 1.29 is 18.3 Å². The molecule has 2 N–H and O–H groups in total. The molecule has 1 amide bonds. The zero-order chi connectivity index (χ0) is 13.7. The molecule has 1 fully saturated rings. The summed E-state index contributed by atoms with van der Waals surface area (Å²) in [6.07, 6.45) is 2.88. The van der Waals surface area contributed by atoms with Crippen LogP contribution in [-0.2, 0) is 4.79 Å². The van der Waals surface area contributed by atoms with Gasteiger partial charge in [-0.05, 0) is 31.5 Å². The Morgan fingerprint density at radius 3 is 2.95 bits per heavy atom. The van der Waals surface area contributed by atoms with Crippen LogP contribution in [0.1, 0.15) is 19.3 Å². The number of halogens is 2. The molecule has 6 heteroatoms. The molecule has 0 aliphatic carbocycles. The van der Waals surface area contributed by atoms with E-state index in [0.29, 0.717) is 5.69 Å². The molecule has 19 heavy (non-hydrogen) atoms. The van der Waals surface area contributed by atoms with E-state index >= 15 is 0 Å². The largest absolute Gasteiger partial charge is 0.435 e. The SMILES string of the molecule is O=C(Nc1cccc(OC(F)F)c1)C1CCCCN1. The Morgan fingerprint density at radius 1 is 1.42 bits per heavy atom. The molecule has 1 aromatic rings. The molecule has 1 aliphatic rings. The van der Waals surface area contributed by atoms with Gasteiger partial charge in [0.05, 0.1) is 6.04 Å². The molecule has 4 nitrogen and oxygen atoms in total. The molecule has 1 heterocycles. The summed E-state index contributed by atoms with van der Waals surface area (Å²) in [4.78, 5) is 11.9. The molecular formula is C13H16F2N2O2. The number of anilines is 1. The Balaban J connectivity index is 1.96. The smallest absolute Gasteiger partial charge is 0.387 e. The summed E-state index contributed by atoms with van der Waals surface area (Å²) in [5.41, 5.74) is 0.454. The van der Waals surface area contributed by atoms with Crippen molar-refractivity contribution in [1.29, 1.82) is 0 Å². The van der Waals surface area contributed by atoms with Crippen molar-refractivity contribution >= 4 is 11.6 Å². The monoisotopic (exact) mass is 270 g/mol. The first-order valence-corrected chi connectivity index (χ1v) is 6.24. The number of piperidine rings is 1. The summed E-state index contributed by atoms with van der Waals surface area (Å²) < 4.78 is 28.5. The number of amides is 1. The highest BCUT2D eigenvalue weighted by molar-refractivity contribution is 5.95. The molecule has 0 spiro atoms. The van der Waals surface area contributed by atoms with Gasteiger partial charge in [-0.1, -0.05) is 12.5 Å². The van der Waals surface area contributed by atoms with Crippen molar-refractivity contribution in [2.45, 2.75) is 31.9 Å². The Bertz CT molecular complexity index is 434. The van der Waals surface area contributed by atoms with Crippen LogP contribution in [0.3, 0.4) is 0 Å². The second-order valence-electron chi connectivity index (χ2n) is 4.40. The van der Waals surface area contributed by atoms with E-state index in [2.05, 4.69) is 15.4 Å². The molecule has 0 saturated carbocycles. The molecule has 0 radical (unpaired) electrons. The van der Waals surface area contributed by atoms with Crippen LogP contribution >= 0.6 is 0 Å². The summed E-state index contributed by atoms with van der Waals surface area (Å²) in [5.74, 6) is -0.113. The zero-order valence-corrected chi connectivity index (χ0v) is 10.4. The van der Waals surface area contributed by atoms with E-state index in [9.17, 15) is 13.6 Å². The van der Waals surface area contributed by atoms with E-state index in [1.807, 2.05) is 0 Å². The summed E-state index contributed by atoms with van der Waals surface area (Å²) in [6.45, 7) is -2.04.